The molecule has 2 rings (SSSR count). The quantitative estimate of drug-likeness (QED) is 0.748. The summed E-state index contributed by atoms with van der Waals surface area (Å²) in [6.07, 6.45) is 0. The third kappa shape index (κ3) is 3.09. The SMILES string of the molecule is Cc1cc(NCc2ccc(C(N)=O)cc2)c(C)cc1O. The first kappa shape index (κ1) is 13.9. The number of nitrogens with one attached hydrogen (secondary N) is 1. The molecule has 0 radical (unpaired) electrons. The fraction of sp³-hybridized carbons (Fsp3) is 0.188. The van der Waals surface area contributed by atoms with Crippen molar-refractivity contribution in [3.63, 3.8) is 0 Å². The van der Waals surface area contributed by atoms with Gasteiger partial charge >= 0.3 is 0 Å². The highest BCUT2D eigenvalue weighted by molar-refractivity contribution is 5.92. The van der Waals surface area contributed by atoms with Crippen LogP contribution in [0.4, 0.5) is 5.69 Å². The third-order valence-electron chi connectivity index (χ3n) is 3.26. The van der Waals surface area contributed by atoms with Crippen molar-refractivity contribution in [3.8, 4) is 5.75 Å². The maximum atomic E-state index is 11.0. The Kier molecular flexibility index (Phi) is 3.94. The van der Waals surface area contributed by atoms with Crippen LogP contribution in [0, 0.1) is 13.8 Å². The number of carbonyl (C=O) groups is 1. The monoisotopic (exact) mass is 270 g/mol. The van der Waals surface area contributed by atoms with Crippen LogP contribution >= 0.6 is 0 Å². The number of rotatable bonds is 4. The lowest BCUT2D eigenvalue weighted by atomic mass is 10.1. The second kappa shape index (κ2) is 5.65. The minimum absolute atomic E-state index is 0.305. The molecule has 4 nitrogen and oxygen atoms in total. The van der Waals surface area contributed by atoms with Crippen molar-refractivity contribution in [1.82, 2.24) is 0 Å². The van der Waals surface area contributed by atoms with Gasteiger partial charge in [0.1, 0.15) is 5.75 Å². The highest BCUT2D eigenvalue weighted by Gasteiger charge is 2.04. The number of carbonyl (C=O) groups excluding carboxylic acids is 1. The van der Waals surface area contributed by atoms with Gasteiger partial charge in [-0.25, -0.2) is 0 Å². The predicted octanol–water partition coefficient (Wildman–Crippen LogP) is 2.72. The molecule has 0 aliphatic heterocycles. The molecule has 0 aliphatic carbocycles. The molecule has 4 N–H and O–H groups in total. The first-order valence-electron chi connectivity index (χ1n) is 6.40. The van der Waals surface area contributed by atoms with E-state index in [9.17, 15) is 9.90 Å². The van der Waals surface area contributed by atoms with Crippen LogP contribution in [0.1, 0.15) is 27.0 Å². The van der Waals surface area contributed by atoms with Crippen LogP contribution < -0.4 is 11.1 Å². The lowest BCUT2D eigenvalue weighted by molar-refractivity contribution is 0.100. The van der Waals surface area contributed by atoms with Crippen LogP contribution in [-0.4, -0.2) is 11.0 Å². The molecule has 0 aliphatic rings. The fourth-order valence-corrected chi connectivity index (χ4v) is 1.98. The summed E-state index contributed by atoms with van der Waals surface area (Å²) in [6, 6.07) is 10.8. The fourth-order valence-electron chi connectivity index (χ4n) is 1.98. The average Bonchev–Trinajstić information content (AvgIpc) is 2.42. The van der Waals surface area contributed by atoms with E-state index in [2.05, 4.69) is 5.32 Å². The summed E-state index contributed by atoms with van der Waals surface area (Å²) in [5, 5.41) is 12.9. The van der Waals surface area contributed by atoms with Crippen molar-refractivity contribution in [2.75, 3.05) is 5.32 Å². The Morgan fingerprint density at radius 1 is 1.15 bits per heavy atom. The van der Waals surface area contributed by atoms with Crippen LogP contribution in [0.2, 0.25) is 0 Å². The summed E-state index contributed by atoms with van der Waals surface area (Å²) in [7, 11) is 0. The topological polar surface area (TPSA) is 75.3 Å². The van der Waals surface area contributed by atoms with Crippen molar-refractivity contribution in [3.05, 3.63) is 58.7 Å². The summed E-state index contributed by atoms with van der Waals surface area (Å²) >= 11 is 0. The summed E-state index contributed by atoms with van der Waals surface area (Å²) in [4.78, 5) is 11.0. The normalized spacial score (nSPS) is 10.3. The van der Waals surface area contributed by atoms with Crippen LogP contribution in [0.5, 0.6) is 5.75 Å². The van der Waals surface area contributed by atoms with Gasteiger partial charge in [-0.3, -0.25) is 4.79 Å². The molecule has 0 spiro atoms. The number of hydrogen-bond acceptors (Lipinski definition) is 3. The van der Waals surface area contributed by atoms with Crippen LogP contribution in [0.3, 0.4) is 0 Å². The lowest BCUT2D eigenvalue weighted by Gasteiger charge is -2.12. The van der Waals surface area contributed by atoms with E-state index in [1.807, 2.05) is 32.0 Å². The van der Waals surface area contributed by atoms with E-state index in [1.54, 1.807) is 18.2 Å². The number of hydrogen-bond donors (Lipinski definition) is 3. The second-order valence-corrected chi connectivity index (χ2v) is 4.87. The molecule has 20 heavy (non-hydrogen) atoms. The smallest absolute Gasteiger partial charge is 0.248 e. The highest BCUT2D eigenvalue weighted by Crippen LogP contribution is 2.25. The third-order valence-corrected chi connectivity index (χ3v) is 3.26. The Morgan fingerprint density at radius 3 is 2.40 bits per heavy atom. The number of aryl methyl sites for hydroxylation is 2. The average molecular weight is 270 g/mol. The van der Waals surface area contributed by atoms with Crippen LogP contribution in [-0.2, 0) is 6.54 Å². The Morgan fingerprint density at radius 2 is 1.80 bits per heavy atom. The zero-order chi connectivity index (χ0) is 14.7. The first-order valence-corrected chi connectivity index (χ1v) is 6.40. The van der Waals surface area contributed by atoms with E-state index in [1.165, 1.54) is 0 Å². The maximum Gasteiger partial charge on any atom is 0.248 e. The molecule has 0 unspecified atom stereocenters. The van der Waals surface area contributed by atoms with Crippen molar-refractivity contribution in [1.29, 1.82) is 0 Å². The second-order valence-electron chi connectivity index (χ2n) is 4.87. The number of aromatic hydroxyl groups is 1. The lowest BCUT2D eigenvalue weighted by Crippen LogP contribution is -2.10. The molecule has 2 aromatic carbocycles. The van der Waals surface area contributed by atoms with E-state index in [0.29, 0.717) is 17.9 Å². The summed E-state index contributed by atoms with van der Waals surface area (Å²) < 4.78 is 0. The molecule has 0 fully saturated rings. The molecule has 0 heterocycles. The minimum Gasteiger partial charge on any atom is -0.508 e. The van der Waals surface area contributed by atoms with Crippen LogP contribution in [0.15, 0.2) is 36.4 Å². The van der Waals surface area contributed by atoms with Gasteiger partial charge in [0.25, 0.3) is 0 Å². The number of benzene rings is 2. The molecule has 2 aromatic rings. The van der Waals surface area contributed by atoms with Gasteiger partial charge in [-0.15, -0.1) is 0 Å². The van der Waals surface area contributed by atoms with Gasteiger partial charge in [0.15, 0.2) is 0 Å². The van der Waals surface area contributed by atoms with E-state index < -0.39 is 5.91 Å². The molecule has 0 aromatic heterocycles. The minimum atomic E-state index is -0.422. The summed E-state index contributed by atoms with van der Waals surface area (Å²) in [6.45, 7) is 4.45. The number of phenolic OH excluding ortho intramolecular Hbond substituents is 1. The van der Waals surface area contributed by atoms with Crippen molar-refractivity contribution >= 4 is 11.6 Å². The van der Waals surface area contributed by atoms with E-state index in [-0.39, 0.29) is 0 Å². The van der Waals surface area contributed by atoms with Crippen molar-refractivity contribution in [2.45, 2.75) is 20.4 Å². The van der Waals surface area contributed by atoms with Gasteiger partial charge in [-0.1, -0.05) is 12.1 Å². The molecule has 104 valence electrons. The molecule has 4 heteroatoms. The Hall–Kier alpha value is -2.49. The Balaban J connectivity index is 2.09. The maximum absolute atomic E-state index is 11.0. The summed E-state index contributed by atoms with van der Waals surface area (Å²) in [5.74, 6) is -0.117. The van der Waals surface area contributed by atoms with E-state index >= 15 is 0 Å². The largest absolute Gasteiger partial charge is 0.508 e. The molecule has 0 saturated heterocycles. The van der Waals surface area contributed by atoms with Crippen molar-refractivity contribution < 1.29 is 9.90 Å². The molecule has 0 atom stereocenters. The first-order chi connectivity index (χ1) is 9.47. The zero-order valence-electron chi connectivity index (χ0n) is 11.6. The number of phenols is 1. The standard InChI is InChI=1S/C16H18N2O2/c1-10-8-15(19)11(2)7-14(10)18-9-12-3-5-13(6-4-12)16(17)20/h3-8,18-19H,9H2,1-2H3,(H2,17,20). The molecular formula is C16H18N2O2. The number of amides is 1. The van der Waals surface area contributed by atoms with Gasteiger partial charge < -0.3 is 16.2 Å². The predicted molar refractivity (Wildman–Crippen MR) is 79.9 cm³/mol. The van der Waals surface area contributed by atoms with Gasteiger partial charge in [0.05, 0.1) is 0 Å². The molecule has 0 bridgehead atoms. The van der Waals surface area contributed by atoms with Crippen molar-refractivity contribution in [2.24, 2.45) is 5.73 Å². The number of nitrogens with two attached hydrogens (primary N) is 1. The van der Waals surface area contributed by atoms with Gasteiger partial charge in [-0.05, 0) is 54.8 Å². The Bertz CT molecular complexity index is 634. The molecular weight excluding hydrogens is 252 g/mol. The summed E-state index contributed by atoms with van der Waals surface area (Å²) in [5.41, 5.74) is 9.57. The van der Waals surface area contributed by atoms with Gasteiger partial charge in [-0.2, -0.15) is 0 Å². The van der Waals surface area contributed by atoms with Gasteiger partial charge in [0.2, 0.25) is 5.91 Å². The zero-order valence-corrected chi connectivity index (χ0v) is 11.6. The number of anilines is 1. The van der Waals surface area contributed by atoms with E-state index in [0.717, 1.165) is 22.4 Å². The Labute approximate surface area is 118 Å². The van der Waals surface area contributed by atoms with Gasteiger partial charge in [0, 0.05) is 17.8 Å². The molecule has 1 amide bonds. The highest BCUT2D eigenvalue weighted by atomic mass is 16.3. The van der Waals surface area contributed by atoms with Crippen LogP contribution in [0.25, 0.3) is 0 Å². The number of primary amides is 1. The van der Waals surface area contributed by atoms with E-state index in [4.69, 9.17) is 5.73 Å². The molecule has 0 saturated carbocycles.